The zero-order chi connectivity index (χ0) is 10.6. The summed E-state index contributed by atoms with van der Waals surface area (Å²) >= 11 is 3.49. The Morgan fingerprint density at radius 2 is 2.36 bits per heavy atom. The SMILES string of the molecule is C=C(C)CN(CC)c1ncccc1Br. The number of halogens is 1. The van der Waals surface area contributed by atoms with Crippen LogP contribution in [0, 0.1) is 0 Å². The lowest BCUT2D eigenvalue weighted by atomic mass is 10.3. The van der Waals surface area contributed by atoms with Crippen molar-refractivity contribution >= 4 is 21.7 Å². The minimum absolute atomic E-state index is 0.853. The third kappa shape index (κ3) is 2.84. The fourth-order valence-corrected chi connectivity index (χ4v) is 1.78. The van der Waals surface area contributed by atoms with Gasteiger partial charge in [0, 0.05) is 19.3 Å². The molecule has 0 aliphatic heterocycles. The normalized spacial score (nSPS) is 9.93. The second-order valence-corrected chi connectivity index (χ2v) is 4.13. The summed E-state index contributed by atoms with van der Waals surface area (Å²) < 4.78 is 1.03. The third-order valence-corrected chi connectivity index (χ3v) is 2.50. The van der Waals surface area contributed by atoms with Crippen LogP contribution in [-0.4, -0.2) is 18.1 Å². The van der Waals surface area contributed by atoms with Gasteiger partial charge in [-0.05, 0) is 41.9 Å². The number of anilines is 1. The van der Waals surface area contributed by atoms with Crippen LogP contribution in [0.2, 0.25) is 0 Å². The van der Waals surface area contributed by atoms with Crippen LogP contribution in [0.3, 0.4) is 0 Å². The van der Waals surface area contributed by atoms with E-state index in [9.17, 15) is 0 Å². The van der Waals surface area contributed by atoms with Gasteiger partial charge < -0.3 is 4.90 Å². The fraction of sp³-hybridized carbons (Fsp3) is 0.364. The molecule has 1 aromatic rings. The van der Waals surface area contributed by atoms with E-state index in [0.717, 1.165) is 29.0 Å². The molecule has 0 bridgehead atoms. The highest BCUT2D eigenvalue weighted by Gasteiger charge is 2.08. The molecule has 3 heteroatoms. The number of rotatable bonds is 4. The van der Waals surface area contributed by atoms with Crippen molar-refractivity contribution in [3.63, 3.8) is 0 Å². The molecule has 76 valence electrons. The van der Waals surface area contributed by atoms with E-state index in [1.165, 1.54) is 0 Å². The van der Waals surface area contributed by atoms with Gasteiger partial charge in [0.1, 0.15) is 5.82 Å². The number of likely N-dealkylation sites (N-methyl/N-ethyl adjacent to an activating group) is 1. The molecule has 0 amide bonds. The first kappa shape index (κ1) is 11.2. The first-order chi connectivity index (χ1) is 6.65. The van der Waals surface area contributed by atoms with E-state index >= 15 is 0 Å². The smallest absolute Gasteiger partial charge is 0.143 e. The maximum absolute atomic E-state index is 4.34. The van der Waals surface area contributed by atoms with Crippen molar-refractivity contribution in [2.45, 2.75) is 13.8 Å². The van der Waals surface area contributed by atoms with Crippen molar-refractivity contribution in [1.29, 1.82) is 0 Å². The van der Waals surface area contributed by atoms with E-state index in [2.05, 4.69) is 39.3 Å². The van der Waals surface area contributed by atoms with E-state index in [0.29, 0.717) is 0 Å². The summed E-state index contributed by atoms with van der Waals surface area (Å²) in [6.45, 7) is 9.84. The number of pyridine rings is 1. The summed E-state index contributed by atoms with van der Waals surface area (Å²) in [7, 11) is 0. The monoisotopic (exact) mass is 254 g/mol. The zero-order valence-corrected chi connectivity index (χ0v) is 10.2. The Bertz CT molecular complexity index is 323. The molecule has 0 aliphatic rings. The molecule has 2 nitrogen and oxygen atoms in total. The van der Waals surface area contributed by atoms with Gasteiger partial charge in [-0.25, -0.2) is 4.98 Å². The Kier molecular flexibility index (Phi) is 4.14. The van der Waals surface area contributed by atoms with E-state index in [4.69, 9.17) is 0 Å². The van der Waals surface area contributed by atoms with Crippen molar-refractivity contribution in [2.24, 2.45) is 0 Å². The van der Waals surface area contributed by atoms with E-state index in [1.54, 1.807) is 6.20 Å². The van der Waals surface area contributed by atoms with Gasteiger partial charge in [-0.1, -0.05) is 12.2 Å². The number of nitrogens with zero attached hydrogens (tertiary/aromatic N) is 2. The van der Waals surface area contributed by atoms with Gasteiger partial charge in [0.05, 0.1) is 4.47 Å². The highest BCUT2D eigenvalue weighted by Crippen LogP contribution is 2.23. The van der Waals surface area contributed by atoms with Crippen molar-refractivity contribution in [3.05, 3.63) is 35.0 Å². The molecule has 0 N–H and O–H groups in total. The standard InChI is InChI=1S/C11H15BrN2/c1-4-14(8-9(2)3)11-10(12)6-5-7-13-11/h5-7H,2,4,8H2,1,3H3. The molecule has 0 radical (unpaired) electrons. The highest BCUT2D eigenvalue weighted by molar-refractivity contribution is 9.10. The molecule has 0 spiro atoms. The summed E-state index contributed by atoms with van der Waals surface area (Å²) in [6.07, 6.45) is 1.81. The largest absolute Gasteiger partial charge is 0.352 e. The van der Waals surface area contributed by atoms with E-state index < -0.39 is 0 Å². The molecule has 0 saturated heterocycles. The number of hydrogen-bond acceptors (Lipinski definition) is 2. The highest BCUT2D eigenvalue weighted by atomic mass is 79.9. The lowest BCUT2D eigenvalue weighted by Crippen LogP contribution is -2.25. The molecule has 1 rings (SSSR count). The topological polar surface area (TPSA) is 16.1 Å². The van der Waals surface area contributed by atoms with Crippen molar-refractivity contribution < 1.29 is 0 Å². The van der Waals surface area contributed by atoms with Crippen LogP contribution >= 0.6 is 15.9 Å². The molecule has 0 atom stereocenters. The van der Waals surface area contributed by atoms with Crippen LogP contribution in [0.25, 0.3) is 0 Å². The predicted octanol–water partition coefficient (Wildman–Crippen LogP) is 3.25. The maximum Gasteiger partial charge on any atom is 0.143 e. The van der Waals surface area contributed by atoms with Crippen LogP contribution in [0.4, 0.5) is 5.82 Å². The molecule has 0 aromatic carbocycles. The van der Waals surface area contributed by atoms with Crippen LogP contribution in [0.1, 0.15) is 13.8 Å². The first-order valence-electron chi connectivity index (χ1n) is 4.65. The summed E-state index contributed by atoms with van der Waals surface area (Å²) in [5, 5.41) is 0. The van der Waals surface area contributed by atoms with Gasteiger partial charge in [-0.15, -0.1) is 0 Å². The Balaban J connectivity index is 2.89. The van der Waals surface area contributed by atoms with Gasteiger partial charge in [0.25, 0.3) is 0 Å². The second kappa shape index (κ2) is 5.15. The molecule has 1 heterocycles. The molecule has 0 saturated carbocycles. The minimum atomic E-state index is 0.853. The summed E-state index contributed by atoms with van der Waals surface area (Å²) in [4.78, 5) is 6.53. The van der Waals surface area contributed by atoms with Crippen molar-refractivity contribution in [3.8, 4) is 0 Å². The van der Waals surface area contributed by atoms with Crippen LogP contribution in [0.5, 0.6) is 0 Å². The summed E-state index contributed by atoms with van der Waals surface area (Å²) in [5.41, 5.74) is 1.14. The zero-order valence-electron chi connectivity index (χ0n) is 8.63. The molecule has 0 fully saturated rings. The second-order valence-electron chi connectivity index (χ2n) is 3.28. The van der Waals surface area contributed by atoms with E-state index in [1.807, 2.05) is 19.1 Å². The van der Waals surface area contributed by atoms with Gasteiger partial charge in [-0.3, -0.25) is 0 Å². The Hall–Kier alpha value is -0.830. The number of aromatic nitrogens is 1. The Morgan fingerprint density at radius 1 is 1.64 bits per heavy atom. The molecule has 14 heavy (non-hydrogen) atoms. The third-order valence-electron chi connectivity index (χ3n) is 1.88. The van der Waals surface area contributed by atoms with Crippen LogP contribution in [-0.2, 0) is 0 Å². The number of hydrogen-bond donors (Lipinski definition) is 0. The predicted molar refractivity (Wildman–Crippen MR) is 64.6 cm³/mol. The van der Waals surface area contributed by atoms with Gasteiger partial charge in [0.15, 0.2) is 0 Å². The first-order valence-corrected chi connectivity index (χ1v) is 5.44. The molecular weight excluding hydrogens is 240 g/mol. The summed E-state index contributed by atoms with van der Waals surface area (Å²) in [5.74, 6) is 0.984. The van der Waals surface area contributed by atoms with Crippen LogP contribution < -0.4 is 4.90 Å². The lowest BCUT2D eigenvalue weighted by molar-refractivity contribution is 0.856. The molecule has 0 aliphatic carbocycles. The minimum Gasteiger partial charge on any atom is -0.352 e. The lowest BCUT2D eigenvalue weighted by Gasteiger charge is -2.22. The fourth-order valence-electron chi connectivity index (χ4n) is 1.27. The Labute approximate surface area is 93.8 Å². The average Bonchev–Trinajstić information content (AvgIpc) is 2.15. The van der Waals surface area contributed by atoms with Crippen molar-refractivity contribution in [1.82, 2.24) is 4.98 Å². The quantitative estimate of drug-likeness (QED) is 0.768. The van der Waals surface area contributed by atoms with Gasteiger partial charge in [0.2, 0.25) is 0 Å². The van der Waals surface area contributed by atoms with Gasteiger partial charge in [-0.2, -0.15) is 0 Å². The van der Waals surface area contributed by atoms with Crippen LogP contribution in [0.15, 0.2) is 35.0 Å². The molecule has 1 aromatic heterocycles. The average molecular weight is 255 g/mol. The maximum atomic E-state index is 4.34. The van der Waals surface area contributed by atoms with Crippen molar-refractivity contribution in [2.75, 3.05) is 18.0 Å². The summed E-state index contributed by atoms with van der Waals surface area (Å²) in [6, 6.07) is 3.92. The van der Waals surface area contributed by atoms with Gasteiger partial charge >= 0.3 is 0 Å². The molecule has 0 unspecified atom stereocenters. The molecular formula is C11H15BrN2. The Morgan fingerprint density at radius 3 is 2.86 bits per heavy atom. The van der Waals surface area contributed by atoms with E-state index in [-0.39, 0.29) is 0 Å².